The van der Waals surface area contributed by atoms with Crippen LogP contribution in [0, 0.1) is 0 Å². The molecule has 1 aliphatic heterocycles. The molecule has 2 aliphatic rings. The van der Waals surface area contributed by atoms with E-state index in [1.807, 2.05) is 6.07 Å². The van der Waals surface area contributed by atoms with Crippen LogP contribution in [-0.2, 0) is 4.79 Å². The van der Waals surface area contributed by atoms with E-state index in [-0.39, 0.29) is 0 Å². The summed E-state index contributed by atoms with van der Waals surface area (Å²) in [5, 5.41) is 15.1. The molecule has 0 unspecified atom stereocenters. The van der Waals surface area contributed by atoms with Crippen molar-refractivity contribution in [1.29, 1.82) is 0 Å². The number of hydrogen-bond donors (Lipinski definition) is 3. The SMILES string of the molecule is Clc1cccc(Cl)c1N=C1N[C@H]2CCCC[C@@H]2N1.O=C(O)C(F)(F)F. The number of alkyl halides is 3. The van der Waals surface area contributed by atoms with Crippen LogP contribution in [0.1, 0.15) is 25.7 Å². The van der Waals surface area contributed by atoms with Gasteiger partial charge in [0.15, 0.2) is 5.96 Å². The third kappa shape index (κ3) is 5.40. The molecule has 1 aromatic carbocycles. The van der Waals surface area contributed by atoms with Crippen molar-refractivity contribution in [2.24, 2.45) is 4.99 Å². The maximum absolute atomic E-state index is 10.6. The fraction of sp³-hybridized carbons (Fsp3) is 0.467. The van der Waals surface area contributed by atoms with E-state index in [4.69, 9.17) is 33.1 Å². The van der Waals surface area contributed by atoms with Gasteiger partial charge in [-0.25, -0.2) is 9.79 Å². The Bertz CT molecular complexity index is 632. The molecule has 25 heavy (non-hydrogen) atoms. The minimum Gasteiger partial charge on any atom is -0.475 e. The maximum Gasteiger partial charge on any atom is 0.490 e. The molecule has 2 atom stereocenters. The standard InChI is InChI=1S/C13H15Cl2N3.C2HF3O2/c14-8-4-3-5-9(15)12(8)18-13-16-10-6-1-2-7-11(10)17-13;3-2(4,5)1(6)7/h3-5,10-11H,1-2,6-7H2,(H2,16,17,18);(H,6,7)/t10-,11-;/m0./s1. The summed E-state index contributed by atoms with van der Waals surface area (Å²) >= 11 is 12.2. The third-order valence-electron chi connectivity index (χ3n) is 3.81. The first-order valence-corrected chi connectivity index (χ1v) is 8.30. The number of nitrogens with zero attached hydrogens (tertiary/aromatic N) is 1. The van der Waals surface area contributed by atoms with Crippen molar-refractivity contribution in [2.75, 3.05) is 0 Å². The fourth-order valence-electron chi connectivity index (χ4n) is 2.64. The number of halogens is 5. The van der Waals surface area contributed by atoms with Gasteiger partial charge in [-0.2, -0.15) is 13.2 Å². The summed E-state index contributed by atoms with van der Waals surface area (Å²) in [6.07, 6.45) is -0.105. The normalized spacial score (nSPS) is 22.0. The number of guanidine groups is 1. The quantitative estimate of drug-likeness (QED) is 0.666. The Morgan fingerprint density at radius 2 is 1.56 bits per heavy atom. The number of nitrogens with one attached hydrogen (secondary N) is 2. The zero-order valence-corrected chi connectivity index (χ0v) is 14.4. The van der Waals surface area contributed by atoms with Gasteiger partial charge in [-0.1, -0.05) is 42.1 Å². The minimum atomic E-state index is -5.08. The highest BCUT2D eigenvalue weighted by atomic mass is 35.5. The predicted molar refractivity (Wildman–Crippen MR) is 89.6 cm³/mol. The van der Waals surface area contributed by atoms with Crippen LogP contribution in [0.3, 0.4) is 0 Å². The first kappa shape index (κ1) is 19.7. The van der Waals surface area contributed by atoms with Crippen LogP contribution >= 0.6 is 23.2 Å². The van der Waals surface area contributed by atoms with E-state index in [1.54, 1.807) is 12.1 Å². The van der Waals surface area contributed by atoms with Gasteiger partial charge >= 0.3 is 12.1 Å². The van der Waals surface area contributed by atoms with Crippen molar-refractivity contribution in [2.45, 2.75) is 43.9 Å². The Morgan fingerprint density at radius 1 is 1.12 bits per heavy atom. The number of rotatable bonds is 1. The topological polar surface area (TPSA) is 73.7 Å². The number of benzene rings is 1. The van der Waals surface area contributed by atoms with Gasteiger partial charge in [-0.15, -0.1) is 0 Å². The van der Waals surface area contributed by atoms with Gasteiger partial charge in [0.05, 0.1) is 10.0 Å². The van der Waals surface area contributed by atoms with Crippen molar-refractivity contribution in [3.05, 3.63) is 28.2 Å². The van der Waals surface area contributed by atoms with Crippen LogP contribution in [0.2, 0.25) is 10.0 Å². The Kier molecular flexibility index (Phi) is 6.40. The summed E-state index contributed by atoms with van der Waals surface area (Å²) in [7, 11) is 0. The summed E-state index contributed by atoms with van der Waals surface area (Å²) in [4.78, 5) is 13.4. The monoisotopic (exact) mass is 397 g/mol. The van der Waals surface area contributed by atoms with Gasteiger partial charge in [0.1, 0.15) is 5.69 Å². The molecule has 0 amide bonds. The lowest BCUT2D eigenvalue weighted by molar-refractivity contribution is -0.192. The molecule has 5 nitrogen and oxygen atoms in total. The smallest absolute Gasteiger partial charge is 0.475 e. The summed E-state index contributed by atoms with van der Waals surface area (Å²) in [6.45, 7) is 0. The van der Waals surface area contributed by atoms with E-state index in [0.717, 1.165) is 5.96 Å². The highest BCUT2D eigenvalue weighted by Gasteiger charge is 2.38. The molecule has 0 bridgehead atoms. The second-order valence-corrected chi connectivity index (χ2v) is 6.43. The molecule has 1 aromatic rings. The molecule has 10 heteroatoms. The summed E-state index contributed by atoms with van der Waals surface area (Å²) < 4.78 is 31.7. The molecule has 1 saturated heterocycles. The third-order valence-corrected chi connectivity index (χ3v) is 4.42. The number of carboxylic acid groups (broad SMARTS) is 1. The maximum atomic E-state index is 10.6. The molecule has 3 rings (SSSR count). The van der Waals surface area contributed by atoms with Crippen LogP contribution in [-0.4, -0.2) is 35.3 Å². The highest BCUT2D eigenvalue weighted by molar-refractivity contribution is 6.38. The lowest BCUT2D eigenvalue weighted by atomic mass is 9.92. The minimum absolute atomic E-state index is 0.499. The number of fused-ring (bicyclic) bond motifs is 1. The van der Waals surface area contributed by atoms with E-state index in [0.29, 0.717) is 27.8 Å². The average Bonchev–Trinajstić information content (AvgIpc) is 2.93. The number of aliphatic imine (C=N–C) groups is 1. The Hall–Kier alpha value is -1.67. The van der Waals surface area contributed by atoms with Crippen molar-refractivity contribution < 1.29 is 23.1 Å². The van der Waals surface area contributed by atoms with Crippen LogP contribution < -0.4 is 10.6 Å². The average molecular weight is 398 g/mol. The summed E-state index contributed by atoms with van der Waals surface area (Å²) in [5.41, 5.74) is 0.634. The van der Waals surface area contributed by atoms with Gasteiger partial charge in [0.25, 0.3) is 0 Å². The molecule has 0 spiro atoms. The first-order valence-electron chi connectivity index (χ1n) is 7.54. The molecular formula is C15H16Cl2F3N3O2. The van der Waals surface area contributed by atoms with Crippen molar-refractivity contribution >= 4 is 40.8 Å². The summed E-state index contributed by atoms with van der Waals surface area (Å²) in [6, 6.07) is 6.42. The van der Waals surface area contributed by atoms with Crippen molar-refractivity contribution in [1.82, 2.24) is 10.6 Å². The van der Waals surface area contributed by atoms with Gasteiger partial charge in [-0.05, 0) is 25.0 Å². The van der Waals surface area contributed by atoms with Gasteiger partial charge in [0.2, 0.25) is 0 Å². The number of aliphatic carboxylic acids is 1. The van der Waals surface area contributed by atoms with Crippen LogP contribution in [0.5, 0.6) is 0 Å². The second kappa shape index (κ2) is 8.14. The van der Waals surface area contributed by atoms with E-state index < -0.39 is 12.1 Å². The molecule has 138 valence electrons. The highest BCUT2D eigenvalue weighted by Crippen LogP contribution is 2.33. The predicted octanol–water partition coefficient (Wildman–Crippen LogP) is 4.12. The van der Waals surface area contributed by atoms with Crippen LogP contribution in [0.25, 0.3) is 0 Å². The molecule has 2 fully saturated rings. The molecule has 1 heterocycles. The molecule has 1 aliphatic carbocycles. The van der Waals surface area contributed by atoms with E-state index in [1.165, 1.54) is 25.7 Å². The van der Waals surface area contributed by atoms with Gasteiger partial charge < -0.3 is 15.7 Å². The molecule has 0 aromatic heterocycles. The number of carboxylic acids is 1. The van der Waals surface area contributed by atoms with E-state index >= 15 is 0 Å². The Morgan fingerprint density at radius 3 is 1.96 bits per heavy atom. The van der Waals surface area contributed by atoms with E-state index in [2.05, 4.69) is 15.6 Å². The summed E-state index contributed by atoms with van der Waals surface area (Å²) in [5.74, 6) is -1.96. The lowest BCUT2D eigenvalue weighted by Gasteiger charge is -2.23. The number of carbonyl (C=O) groups is 1. The Labute approximate surface area is 152 Å². The van der Waals surface area contributed by atoms with Gasteiger partial charge in [0, 0.05) is 12.1 Å². The zero-order valence-electron chi connectivity index (χ0n) is 12.9. The number of para-hydroxylation sites is 1. The first-order chi connectivity index (χ1) is 11.7. The second-order valence-electron chi connectivity index (χ2n) is 5.62. The van der Waals surface area contributed by atoms with Crippen LogP contribution in [0.4, 0.5) is 18.9 Å². The molecule has 1 saturated carbocycles. The molecule has 0 radical (unpaired) electrons. The zero-order chi connectivity index (χ0) is 18.6. The molecule has 3 N–H and O–H groups in total. The number of hydrogen-bond acceptors (Lipinski definition) is 2. The lowest BCUT2D eigenvalue weighted by Crippen LogP contribution is -2.36. The Balaban J connectivity index is 0.000000277. The van der Waals surface area contributed by atoms with Gasteiger partial charge in [-0.3, -0.25) is 0 Å². The largest absolute Gasteiger partial charge is 0.490 e. The van der Waals surface area contributed by atoms with Crippen molar-refractivity contribution in [3.8, 4) is 0 Å². The molecular weight excluding hydrogens is 382 g/mol. The van der Waals surface area contributed by atoms with Crippen molar-refractivity contribution in [3.63, 3.8) is 0 Å². The fourth-order valence-corrected chi connectivity index (χ4v) is 3.12. The van der Waals surface area contributed by atoms with Crippen LogP contribution in [0.15, 0.2) is 23.2 Å². The van der Waals surface area contributed by atoms with E-state index in [9.17, 15) is 13.2 Å².